The molecule has 0 radical (unpaired) electrons. The predicted octanol–water partition coefficient (Wildman–Crippen LogP) is 0.793. The molecule has 2 N–H and O–H groups in total. The second-order valence-corrected chi connectivity index (χ2v) is 3.09. The molecule has 1 heterocycles. The van der Waals surface area contributed by atoms with Gasteiger partial charge in [0, 0.05) is 20.0 Å². The molecule has 0 saturated heterocycles. The van der Waals surface area contributed by atoms with Crippen LogP contribution in [-0.2, 0) is 11.3 Å². The van der Waals surface area contributed by atoms with Gasteiger partial charge >= 0.3 is 5.82 Å². The van der Waals surface area contributed by atoms with Gasteiger partial charge in [0.2, 0.25) is 5.91 Å². The molecule has 0 aliphatic heterocycles. The van der Waals surface area contributed by atoms with Gasteiger partial charge in [-0.3, -0.25) is 4.79 Å². The Morgan fingerprint density at radius 2 is 1.88 bits per heavy atom. The van der Waals surface area contributed by atoms with Crippen LogP contribution in [0.4, 0.5) is 0 Å². The summed E-state index contributed by atoms with van der Waals surface area (Å²) in [5, 5.41) is 5.64. The average Bonchev–Trinajstić information content (AvgIpc) is 2.59. The van der Waals surface area contributed by atoms with Crippen LogP contribution < -0.4 is 16.5 Å². The molecular weight excluding hydrogens is 224 g/mol. The van der Waals surface area contributed by atoms with Crippen LogP contribution in [0.2, 0.25) is 0 Å². The molecular formula is C11H20N2O4. The molecule has 0 spiro atoms. The predicted molar refractivity (Wildman–Crippen MR) is 63.7 cm³/mol. The summed E-state index contributed by atoms with van der Waals surface area (Å²) < 4.78 is 9.45. The highest BCUT2D eigenvalue weighted by Gasteiger charge is 2.06. The Hall–Kier alpha value is -1.56. The summed E-state index contributed by atoms with van der Waals surface area (Å²) in [7, 11) is 0. The molecule has 17 heavy (non-hydrogen) atoms. The topological polar surface area (TPSA) is 84.5 Å². The normalized spacial score (nSPS) is 9.41. The number of carbonyl (C=O) groups is 1. The molecule has 0 aromatic carbocycles. The van der Waals surface area contributed by atoms with Crippen LogP contribution in [0.15, 0.2) is 13.6 Å². The molecule has 1 amide bonds. The Morgan fingerprint density at radius 3 is 2.35 bits per heavy atom. The Balaban J connectivity index is 0.00000121. The third-order valence-corrected chi connectivity index (χ3v) is 1.80. The first-order valence-electron chi connectivity index (χ1n) is 5.64. The molecule has 0 fully saturated rings. The van der Waals surface area contributed by atoms with E-state index in [0.717, 1.165) is 0 Å². The maximum absolute atomic E-state index is 10.7. The highest BCUT2D eigenvalue weighted by Crippen LogP contribution is 2.03. The van der Waals surface area contributed by atoms with Crippen molar-refractivity contribution in [2.45, 2.75) is 34.2 Å². The molecule has 0 aliphatic rings. The van der Waals surface area contributed by atoms with Crippen molar-refractivity contribution in [1.29, 1.82) is 0 Å². The summed E-state index contributed by atoms with van der Waals surface area (Å²) in [6, 6.07) is 0. The minimum atomic E-state index is -0.689. The quantitative estimate of drug-likeness (QED) is 0.748. The third-order valence-electron chi connectivity index (χ3n) is 1.80. The highest BCUT2D eigenvalue weighted by molar-refractivity contribution is 5.72. The van der Waals surface area contributed by atoms with Crippen molar-refractivity contribution in [2.24, 2.45) is 0 Å². The summed E-state index contributed by atoms with van der Waals surface area (Å²) in [5.41, 5.74) is 0. The monoisotopic (exact) mass is 244 g/mol. The number of nitrogens with one attached hydrogen (secondary N) is 2. The van der Waals surface area contributed by atoms with Crippen LogP contribution in [0.1, 0.15) is 32.3 Å². The molecule has 6 heteroatoms. The molecule has 0 aliphatic carbocycles. The molecule has 98 valence electrons. The SMILES string of the molecule is CC.CC(=O)NCCNCc1oc(=O)oc1C. The van der Waals surface area contributed by atoms with Gasteiger partial charge in [0.05, 0.1) is 6.54 Å². The Kier molecular flexibility index (Phi) is 7.79. The molecule has 1 rings (SSSR count). The second kappa shape index (κ2) is 8.58. The van der Waals surface area contributed by atoms with Gasteiger partial charge in [-0.1, -0.05) is 13.8 Å². The standard InChI is InChI=1S/C9H14N2O4.C2H6/c1-6-8(15-9(13)14-6)5-10-3-4-11-7(2)12;1-2/h10H,3-5H2,1-2H3,(H,11,12);1-2H3. The van der Waals surface area contributed by atoms with Gasteiger partial charge in [0.1, 0.15) is 5.76 Å². The lowest BCUT2D eigenvalue weighted by Gasteiger charge is -2.02. The maximum atomic E-state index is 10.7. The minimum Gasteiger partial charge on any atom is -0.396 e. The first kappa shape index (κ1) is 15.4. The van der Waals surface area contributed by atoms with E-state index in [1.165, 1.54) is 6.92 Å². The van der Waals surface area contributed by atoms with Gasteiger partial charge < -0.3 is 19.5 Å². The van der Waals surface area contributed by atoms with Crippen molar-refractivity contribution in [3.8, 4) is 0 Å². The van der Waals surface area contributed by atoms with E-state index in [4.69, 9.17) is 4.42 Å². The number of hydrogen-bond donors (Lipinski definition) is 2. The number of aryl methyl sites for hydroxylation is 1. The molecule has 0 unspecified atom stereocenters. The van der Waals surface area contributed by atoms with Gasteiger partial charge in [0.15, 0.2) is 5.76 Å². The van der Waals surface area contributed by atoms with E-state index in [0.29, 0.717) is 31.2 Å². The summed E-state index contributed by atoms with van der Waals surface area (Å²) in [6.07, 6.45) is 0. The van der Waals surface area contributed by atoms with Gasteiger partial charge in [-0.05, 0) is 6.92 Å². The first-order chi connectivity index (χ1) is 8.09. The lowest BCUT2D eigenvalue weighted by molar-refractivity contribution is -0.118. The molecule has 1 aromatic rings. The van der Waals surface area contributed by atoms with Crippen LogP contribution >= 0.6 is 0 Å². The summed E-state index contributed by atoms with van der Waals surface area (Å²) >= 11 is 0. The van der Waals surface area contributed by atoms with E-state index in [2.05, 4.69) is 15.1 Å². The van der Waals surface area contributed by atoms with E-state index in [1.54, 1.807) is 6.92 Å². The van der Waals surface area contributed by atoms with Crippen LogP contribution in [-0.4, -0.2) is 19.0 Å². The smallest absolute Gasteiger partial charge is 0.396 e. The van der Waals surface area contributed by atoms with E-state index in [9.17, 15) is 9.59 Å². The van der Waals surface area contributed by atoms with Crippen molar-refractivity contribution in [3.05, 3.63) is 22.1 Å². The fourth-order valence-corrected chi connectivity index (χ4v) is 1.06. The van der Waals surface area contributed by atoms with Gasteiger partial charge in [-0.25, -0.2) is 4.79 Å². The van der Waals surface area contributed by atoms with Crippen LogP contribution in [0.3, 0.4) is 0 Å². The fraction of sp³-hybridized carbons (Fsp3) is 0.636. The molecule has 6 nitrogen and oxygen atoms in total. The van der Waals surface area contributed by atoms with Gasteiger partial charge in [-0.15, -0.1) is 0 Å². The third kappa shape index (κ3) is 6.57. The van der Waals surface area contributed by atoms with Gasteiger partial charge in [0.25, 0.3) is 0 Å². The Morgan fingerprint density at radius 1 is 1.24 bits per heavy atom. The Bertz CT molecular complexity index is 381. The zero-order chi connectivity index (χ0) is 13.3. The first-order valence-corrected chi connectivity index (χ1v) is 5.64. The molecule has 1 aromatic heterocycles. The molecule has 0 atom stereocenters. The van der Waals surface area contributed by atoms with E-state index in [-0.39, 0.29) is 5.91 Å². The average molecular weight is 244 g/mol. The highest BCUT2D eigenvalue weighted by atomic mass is 16.6. The van der Waals surface area contributed by atoms with Crippen molar-refractivity contribution < 1.29 is 13.6 Å². The zero-order valence-electron chi connectivity index (χ0n) is 10.8. The summed E-state index contributed by atoms with van der Waals surface area (Å²) in [4.78, 5) is 21.2. The number of carbonyl (C=O) groups excluding carboxylic acids is 1. The van der Waals surface area contributed by atoms with Crippen LogP contribution in [0.25, 0.3) is 0 Å². The number of hydrogen-bond acceptors (Lipinski definition) is 5. The largest absolute Gasteiger partial charge is 0.519 e. The van der Waals surface area contributed by atoms with Crippen molar-refractivity contribution >= 4 is 5.91 Å². The lowest BCUT2D eigenvalue weighted by atomic mass is 10.4. The summed E-state index contributed by atoms with van der Waals surface area (Å²) in [6.45, 7) is 8.68. The second-order valence-electron chi connectivity index (χ2n) is 3.09. The maximum Gasteiger partial charge on any atom is 0.519 e. The van der Waals surface area contributed by atoms with Gasteiger partial charge in [-0.2, -0.15) is 0 Å². The Labute approximate surface area is 100 Å². The molecule has 0 bridgehead atoms. The van der Waals surface area contributed by atoms with Crippen molar-refractivity contribution in [1.82, 2.24) is 10.6 Å². The minimum absolute atomic E-state index is 0.0668. The van der Waals surface area contributed by atoms with Crippen molar-refractivity contribution in [2.75, 3.05) is 13.1 Å². The summed E-state index contributed by atoms with van der Waals surface area (Å²) in [5.74, 6) is 0.212. The van der Waals surface area contributed by atoms with E-state index >= 15 is 0 Å². The number of rotatable bonds is 5. The van der Waals surface area contributed by atoms with Crippen molar-refractivity contribution in [3.63, 3.8) is 0 Å². The molecule has 0 saturated carbocycles. The lowest BCUT2D eigenvalue weighted by Crippen LogP contribution is -2.29. The zero-order valence-corrected chi connectivity index (χ0v) is 10.8. The van der Waals surface area contributed by atoms with Crippen LogP contribution in [0, 0.1) is 6.92 Å². The number of amides is 1. The fourth-order valence-electron chi connectivity index (χ4n) is 1.06. The van der Waals surface area contributed by atoms with E-state index < -0.39 is 5.82 Å². The van der Waals surface area contributed by atoms with Crippen LogP contribution in [0.5, 0.6) is 0 Å². The van der Waals surface area contributed by atoms with E-state index in [1.807, 2.05) is 13.8 Å².